The summed E-state index contributed by atoms with van der Waals surface area (Å²) in [7, 11) is 0. The second-order valence-corrected chi connectivity index (χ2v) is 11.3. The topological polar surface area (TPSA) is 90.2 Å². The highest BCUT2D eigenvalue weighted by Gasteiger charge is 2.21. The highest BCUT2D eigenvalue weighted by atomic mass is 16.5. The molecule has 0 fully saturated rings. The number of phenols is 1. The molecule has 2 N–H and O–H groups in total. The predicted molar refractivity (Wildman–Crippen MR) is 176 cm³/mol. The van der Waals surface area contributed by atoms with E-state index in [1.807, 2.05) is 64.1 Å². The number of hydrogen-bond donors (Lipinski definition) is 2. The Morgan fingerprint density at radius 3 is 2.12 bits per heavy atom. The molecule has 7 nitrogen and oxygen atoms in total. The van der Waals surface area contributed by atoms with E-state index < -0.39 is 5.43 Å². The molecule has 7 heteroatoms. The summed E-state index contributed by atoms with van der Waals surface area (Å²) in [4.78, 5) is 13.7. The number of rotatable bonds is 19. The third-order valence-corrected chi connectivity index (χ3v) is 6.96. The van der Waals surface area contributed by atoms with Crippen LogP contribution in [0.3, 0.4) is 0 Å². The number of benzene rings is 2. The van der Waals surface area contributed by atoms with E-state index in [0.717, 1.165) is 31.5 Å². The van der Waals surface area contributed by atoms with Crippen molar-refractivity contribution in [3.8, 4) is 34.3 Å². The highest BCUT2D eigenvalue weighted by molar-refractivity contribution is 5.88. The van der Waals surface area contributed by atoms with Crippen LogP contribution >= 0.6 is 0 Å². The van der Waals surface area contributed by atoms with Crippen LogP contribution in [0.4, 0.5) is 0 Å². The van der Waals surface area contributed by atoms with Crippen LogP contribution in [0, 0.1) is 0 Å². The van der Waals surface area contributed by atoms with Crippen molar-refractivity contribution < 1.29 is 23.7 Å². The molecule has 0 atom stereocenters. The summed E-state index contributed by atoms with van der Waals surface area (Å²) in [6, 6.07) is 10.4. The molecule has 43 heavy (non-hydrogen) atoms. The van der Waals surface area contributed by atoms with Crippen molar-refractivity contribution in [2.75, 3.05) is 32.9 Å². The number of allylic oxidation sites excluding steroid dienone is 2. The lowest BCUT2D eigenvalue weighted by molar-refractivity contribution is 0.300. The lowest BCUT2D eigenvalue weighted by Gasteiger charge is -2.14. The van der Waals surface area contributed by atoms with Crippen LogP contribution < -0.4 is 25.0 Å². The Morgan fingerprint density at radius 2 is 1.44 bits per heavy atom. The van der Waals surface area contributed by atoms with E-state index >= 15 is 0 Å². The fourth-order valence-corrected chi connectivity index (χ4v) is 4.50. The molecule has 3 rings (SSSR count). The fraction of sp³-hybridized carbons (Fsp3) is 0.472. The quantitative estimate of drug-likeness (QED) is 0.107. The smallest absolute Gasteiger partial charge is 0.239 e. The number of aromatic hydroxyl groups is 1. The van der Waals surface area contributed by atoms with Crippen LogP contribution in [0.25, 0.3) is 22.3 Å². The maximum Gasteiger partial charge on any atom is 0.239 e. The summed E-state index contributed by atoms with van der Waals surface area (Å²) >= 11 is 0. The molecule has 3 aromatic rings. The van der Waals surface area contributed by atoms with Crippen molar-refractivity contribution in [1.29, 1.82) is 0 Å². The minimum Gasteiger partial charge on any atom is -0.507 e. The number of ether oxygens (including phenoxy) is 3. The second-order valence-electron chi connectivity index (χ2n) is 11.3. The Hall–Kier alpha value is -3.71. The van der Waals surface area contributed by atoms with Crippen LogP contribution in [0.2, 0.25) is 0 Å². The van der Waals surface area contributed by atoms with Gasteiger partial charge in [-0.25, -0.2) is 0 Å². The molecule has 0 unspecified atom stereocenters. The lowest BCUT2D eigenvalue weighted by Crippen LogP contribution is -2.19. The van der Waals surface area contributed by atoms with Crippen molar-refractivity contribution in [1.82, 2.24) is 5.32 Å². The molecule has 234 valence electrons. The van der Waals surface area contributed by atoms with Gasteiger partial charge in [-0.15, -0.1) is 0 Å². The number of nitrogens with one attached hydrogen (secondary N) is 1. The molecule has 0 aliphatic carbocycles. The van der Waals surface area contributed by atoms with Gasteiger partial charge in [0, 0.05) is 17.7 Å². The maximum atomic E-state index is 13.7. The van der Waals surface area contributed by atoms with Gasteiger partial charge in [0.1, 0.15) is 41.4 Å². The first-order chi connectivity index (χ1) is 20.8. The molecule has 1 heterocycles. The Bertz CT molecular complexity index is 1400. The van der Waals surface area contributed by atoms with Gasteiger partial charge in [-0.1, -0.05) is 50.2 Å². The third kappa shape index (κ3) is 11.1. The summed E-state index contributed by atoms with van der Waals surface area (Å²) in [5, 5.41) is 14.3. The van der Waals surface area contributed by atoms with Crippen LogP contribution in [-0.2, 0) is 0 Å². The molecular formula is C36H49NO6. The van der Waals surface area contributed by atoms with E-state index in [9.17, 15) is 9.90 Å². The highest BCUT2D eigenvalue weighted by Crippen LogP contribution is 2.36. The summed E-state index contributed by atoms with van der Waals surface area (Å²) in [6.45, 7) is 13.2. The number of hydrogen-bond acceptors (Lipinski definition) is 7. The zero-order valence-corrected chi connectivity index (χ0v) is 26.6. The Kier molecular flexibility index (Phi) is 14.2. The fourth-order valence-electron chi connectivity index (χ4n) is 4.50. The Labute approximate surface area is 256 Å². The Balaban J connectivity index is 1.79. The van der Waals surface area contributed by atoms with Gasteiger partial charge in [0.15, 0.2) is 5.76 Å². The van der Waals surface area contributed by atoms with Crippen LogP contribution in [0.15, 0.2) is 68.9 Å². The molecule has 2 aromatic carbocycles. The first-order valence-corrected chi connectivity index (χ1v) is 15.6. The SMILES string of the molecule is CCCCCCCCNCCCOc1c(-c2ccc(OCC=C(C)C)cc2)oc2cc(OCC=C(C)C)cc(O)c2c1=O. The molecular weight excluding hydrogens is 542 g/mol. The van der Waals surface area contributed by atoms with Crippen molar-refractivity contribution >= 4 is 11.0 Å². The maximum absolute atomic E-state index is 13.7. The molecule has 0 aliphatic heterocycles. The number of phenolic OH excluding ortho intramolecular Hbond substituents is 1. The first kappa shape index (κ1) is 33.8. The van der Waals surface area contributed by atoms with E-state index in [-0.39, 0.29) is 22.5 Å². The van der Waals surface area contributed by atoms with Crippen molar-refractivity contribution in [2.45, 2.75) is 79.6 Å². The predicted octanol–water partition coefficient (Wildman–Crippen LogP) is 8.57. The van der Waals surface area contributed by atoms with Crippen molar-refractivity contribution in [2.24, 2.45) is 0 Å². The lowest BCUT2D eigenvalue weighted by atomic mass is 10.1. The average molecular weight is 592 g/mol. The van der Waals surface area contributed by atoms with Gasteiger partial charge in [-0.2, -0.15) is 0 Å². The molecule has 0 spiro atoms. The third-order valence-electron chi connectivity index (χ3n) is 6.96. The van der Waals surface area contributed by atoms with Gasteiger partial charge in [0.25, 0.3) is 0 Å². The van der Waals surface area contributed by atoms with E-state index in [1.165, 1.54) is 43.7 Å². The van der Waals surface area contributed by atoms with Gasteiger partial charge in [0.2, 0.25) is 11.2 Å². The van der Waals surface area contributed by atoms with Gasteiger partial charge >= 0.3 is 0 Å². The van der Waals surface area contributed by atoms with Crippen LogP contribution in [0.1, 0.15) is 79.6 Å². The van der Waals surface area contributed by atoms with Crippen LogP contribution in [0.5, 0.6) is 23.0 Å². The minimum atomic E-state index is -0.423. The van der Waals surface area contributed by atoms with Gasteiger partial charge in [0.05, 0.1) is 6.61 Å². The van der Waals surface area contributed by atoms with Crippen molar-refractivity contribution in [3.63, 3.8) is 0 Å². The molecule has 0 saturated carbocycles. The molecule has 0 radical (unpaired) electrons. The molecule has 1 aromatic heterocycles. The van der Waals surface area contributed by atoms with Crippen molar-refractivity contribution in [3.05, 3.63) is 69.9 Å². The monoisotopic (exact) mass is 591 g/mol. The summed E-state index contributed by atoms with van der Waals surface area (Å²) in [5.41, 5.74) is 2.77. The normalized spacial score (nSPS) is 10.9. The zero-order valence-electron chi connectivity index (χ0n) is 26.6. The summed E-state index contributed by atoms with van der Waals surface area (Å²) < 4.78 is 23.9. The molecule has 0 aliphatic rings. The van der Waals surface area contributed by atoms with E-state index in [4.69, 9.17) is 18.6 Å². The zero-order chi connectivity index (χ0) is 31.0. The first-order valence-electron chi connectivity index (χ1n) is 15.6. The summed E-state index contributed by atoms with van der Waals surface area (Å²) in [5.74, 6) is 1.28. The number of fused-ring (bicyclic) bond motifs is 1. The minimum absolute atomic E-state index is 0.0659. The largest absolute Gasteiger partial charge is 0.507 e. The van der Waals surface area contributed by atoms with E-state index in [1.54, 1.807) is 6.07 Å². The second kappa shape index (κ2) is 18.1. The van der Waals surface area contributed by atoms with E-state index in [0.29, 0.717) is 42.6 Å². The molecule has 0 amide bonds. The van der Waals surface area contributed by atoms with Crippen LogP contribution in [-0.4, -0.2) is 38.0 Å². The average Bonchev–Trinajstić information content (AvgIpc) is 2.96. The Morgan fingerprint density at radius 1 is 0.814 bits per heavy atom. The van der Waals surface area contributed by atoms with Gasteiger partial charge < -0.3 is 29.1 Å². The number of unbranched alkanes of at least 4 members (excludes halogenated alkanes) is 5. The van der Waals surface area contributed by atoms with Gasteiger partial charge in [-0.3, -0.25) is 4.79 Å². The molecule has 0 bridgehead atoms. The standard InChI is InChI=1S/C36H49NO6/c1-6-7-8-9-10-11-19-37-20-12-21-42-36-34(39)33-31(38)24-30(41-23-18-27(4)5)25-32(33)43-35(36)28-13-15-29(16-14-28)40-22-17-26(2)3/h13-18,24-25,37-38H,6-12,19-23H2,1-5H3. The van der Waals surface area contributed by atoms with Gasteiger partial charge in [-0.05, 0) is 90.0 Å². The molecule has 0 saturated heterocycles. The summed E-state index contributed by atoms with van der Waals surface area (Å²) in [6.07, 6.45) is 12.3. The van der Waals surface area contributed by atoms with E-state index in [2.05, 4.69) is 12.2 Å².